The maximum atomic E-state index is 6.20. The van der Waals surface area contributed by atoms with E-state index in [9.17, 15) is 0 Å². The van der Waals surface area contributed by atoms with Crippen molar-refractivity contribution in [1.82, 2.24) is 15.0 Å². The van der Waals surface area contributed by atoms with Gasteiger partial charge >= 0.3 is 0 Å². The van der Waals surface area contributed by atoms with E-state index in [1.54, 1.807) is 0 Å². The molecule has 0 amide bonds. The van der Waals surface area contributed by atoms with Gasteiger partial charge in [-0.15, -0.1) is 53.6 Å². The van der Waals surface area contributed by atoms with Gasteiger partial charge in [-0.1, -0.05) is 81.1 Å². The van der Waals surface area contributed by atoms with E-state index >= 15 is 0 Å². The Morgan fingerprint density at radius 3 is 2.24 bits per heavy atom. The first kappa shape index (κ1) is 34.9. The van der Waals surface area contributed by atoms with Crippen LogP contribution in [0.4, 0.5) is 0 Å². The molecule has 0 aliphatic heterocycles. The molecule has 0 unspecified atom stereocenters. The Bertz CT molecular complexity index is 2410. The fraction of sp³-hybridized carbons (Fsp3) is 0.178. The van der Waals surface area contributed by atoms with Gasteiger partial charge in [0.05, 0.1) is 5.58 Å². The number of hydrogen-bond donors (Lipinski definition) is 0. The second kappa shape index (κ2) is 14.1. The molecule has 251 valence electrons. The summed E-state index contributed by atoms with van der Waals surface area (Å²) in [6.07, 6.45) is 3.75. The summed E-state index contributed by atoms with van der Waals surface area (Å²) in [5.74, 6) is 0. The predicted molar refractivity (Wildman–Crippen MR) is 203 cm³/mol. The standard InChI is InChI=1S/C32H27N2O.C13H12N.Ir/c1-19-15-23-16-24(32(3,4)5)11-10-21(23)17-28(19)22-13-14-33-29(18-22)27-8-6-7-25-26-12-9-20(2)34-31(26)35-30(25)27;1-10-3-6-12(7-4-10)13-8-5-11(2)9-14-13;/h6-7,9-18H,1-5H3;3-6,8-9H,1-2H3;/q2*-1;. The second-order valence-corrected chi connectivity index (χ2v) is 13.9. The number of nitrogens with zero attached hydrogens (tertiary/aromatic N) is 3. The average molecular weight is 830 g/mol. The third-order valence-electron chi connectivity index (χ3n) is 8.97. The van der Waals surface area contributed by atoms with Crippen LogP contribution in [0.25, 0.3) is 66.5 Å². The third-order valence-corrected chi connectivity index (χ3v) is 8.97. The van der Waals surface area contributed by atoms with E-state index in [-0.39, 0.29) is 25.5 Å². The van der Waals surface area contributed by atoms with Crippen LogP contribution in [0.15, 0.2) is 114 Å². The average Bonchev–Trinajstić information content (AvgIpc) is 3.46. The van der Waals surface area contributed by atoms with Crippen LogP contribution in [-0.4, -0.2) is 15.0 Å². The maximum Gasteiger partial charge on any atom is 0.216 e. The van der Waals surface area contributed by atoms with Gasteiger partial charge in [-0.2, -0.15) is 0 Å². The summed E-state index contributed by atoms with van der Waals surface area (Å²) in [5.41, 5.74) is 13.5. The van der Waals surface area contributed by atoms with Gasteiger partial charge in [0.25, 0.3) is 0 Å². The fourth-order valence-electron chi connectivity index (χ4n) is 6.12. The molecule has 8 rings (SSSR count). The Balaban J connectivity index is 0.000000242. The van der Waals surface area contributed by atoms with Gasteiger partial charge in [-0.3, -0.25) is 0 Å². The molecule has 4 aromatic heterocycles. The van der Waals surface area contributed by atoms with Crippen molar-refractivity contribution in [2.45, 2.75) is 53.9 Å². The molecule has 0 bridgehead atoms. The Kier molecular flexibility index (Phi) is 9.84. The van der Waals surface area contributed by atoms with Gasteiger partial charge in [0.2, 0.25) is 5.71 Å². The number of benzene rings is 4. The first-order chi connectivity index (χ1) is 23.5. The van der Waals surface area contributed by atoms with Crippen LogP contribution >= 0.6 is 0 Å². The summed E-state index contributed by atoms with van der Waals surface area (Å²) in [4.78, 5) is 13.6. The molecule has 1 radical (unpaired) electrons. The van der Waals surface area contributed by atoms with E-state index < -0.39 is 0 Å². The van der Waals surface area contributed by atoms with Crippen molar-refractivity contribution in [2.24, 2.45) is 0 Å². The van der Waals surface area contributed by atoms with E-state index in [2.05, 4.69) is 117 Å². The predicted octanol–water partition coefficient (Wildman–Crippen LogP) is 11.7. The summed E-state index contributed by atoms with van der Waals surface area (Å²) in [6.45, 7) is 15.0. The Morgan fingerprint density at radius 1 is 0.680 bits per heavy atom. The molecule has 4 heterocycles. The van der Waals surface area contributed by atoms with E-state index in [1.165, 1.54) is 38.6 Å². The van der Waals surface area contributed by atoms with Crippen LogP contribution in [0.1, 0.15) is 48.7 Å². The minimum Gasteiger partial charge on any atom is -0.486 e. The van der Waals surface area contributed by atoms with Gasteiger partial charge in [-0.05, 0) is 100 Å². The largest absolute Gasteiger partial charge is 0.486 e. The smallest absolute Gasteiger partial charge is 0.216 e. The van der Waals surface area contributed by atoms with Crippen LogP contribution in [0, 0.1) is 39.8 Å². The molecule has 0 fully saturated rings. The molecule has 0 saturated heterocycles. The van der Waals surface area contributed by atoms with Crippen molar-refractivity contribution >= 4 is 32.8 Å². The van der Waals surface area contributed by atoms with E-state index in [4.69, 9.17) is 9.40 Å². The van der Waals surface area contributed by atoms with Crippen LogP contribution in [0.2, 0.25) is 0 Å². The summed E-state index contributed by atoms with van der Waals surface area (Å²) in [7, 11) is 0. The molecule has 5 heteroatoms. The van der Waals surface area contributed by atoms with E-state index in [0.717, 1.165) is 50.1 Å². The zero-order chi connectivity index (χ0) is 34.3. The van der Waals surface area contributed by atoms with Crippen LogP contribution in [-0.2, 0) is 25.5 Å². The summed E-state index contributed by atoms with van der Waals surface area (Å²) < 4.78 is 6.20. The fourth-order valence-corrected chi connectivity index (χ4v) is 6.12. The first-order valence-electron chi connectivity index (χ1n) is 16.7. The molecule has 4 nitrogen and oxygen atoms in total. The number of aryl methyl sites for hydroxylation is 4. The molecular formula is C45H39IrN3O-2. The maximum absolute atomic E-state index is 6.20. The number of aromatic nitrogens is 3. The van der Waals surface area contributed by atoms with Gasteiger partial charge in [0, 0.05) is 43.6 Å². The van der Waals surface area contributed by atoms with Gasteiger partial charge < -0.3 is 14.4 Å². The van der Waals surface area contributed by atoms with Gasteiger partial charge in [0.1, 0.15) is 0 Å². The number of fused-ring (bicyclic) bond motifs is 4. The number of furan rings is 1. The Hall–Kier alpha value is -4.96. The summed E-state index contributed by atoms with van der Waals surface area (Å²) in [5, 5.41) is 4.56. The normalized spacial score (nSPS) is 11.3. The van der Waals surface area contributed by atoms with Crippen LogP contribution in [0.5, 0.6) is 0 Å². The molecule has 4 aromatic carbocycles. The molecule has 50 heavy (non-hydrogen) atoms. The number of pyridine rings is 3. The SMILES string of the molecule is Cc1c[c-]c(-c2ccc(C)cn2)cc1.Cc1ccc2c(n1)oc1c(-c3cc(-c4cc5ccc(C(C)(C)C)cc5cc4C)ccn3)[c-]ccc12.[Ir]. The Labute approximate surface area is 308 Å². The monoisotopic (exact) mass is 830 g/mol. The molecule has 0 atom stereocenters. The van der Waals surface area contributed by atoms with E-state index in [0.29, 0.717) is 5.71 Å². The molecule has 0 saturated carbocycles. The molecule has 0 N–H and O–H groups in total. The minimum absolute atomic E-state index is 0. The first-order valence-corrected chi connectivity index (χ1v) is 16.7. The van der Waals surface area contributed by atoms with Crippen molar-refractivity contribution < 1.29 is 24.5 Å². The van der Waals surface area contributed by atoms with Crippen molar-refractivity contribution in [2.75, 3.05) is 0 Å². The molecule has 8 aromatic rings. The van der Waals surface area contributed by atoms with E-state index in [1.807, 2.05) is 62.6 Å². The van der Waals surface area contributed by atoms with Crippen molar-refractivity contribution in [3.63, 3.8) is 0 Å². The van der Waals surface area contributed by atoms with Crippen molar-refractivity contribution in [3.8, 4) is 33.6 Å². The summed E-state index contributed by atoms with van der Waals surface area (Å²) >= 11 is 0. The quantitative estimate of drug-likeness (QED) is 0.166. The second-order valence-electron chi connectivity index (χ2n) is 13.9. The molecule has 0 aliphatic rings. The molecular weight excluding hydrogens is 791 g/mol. The number of rotatable bonds is 3. The zero-order valence-corrected chi connectivity index (χ0v) is 31.9. The van der Waals surface area contributed by atoms with Crippen LogP contribution < -0.4 is 0 Å². The van der Waals surface area contributed by atoms with Crippen LogP contribution in [0.3, 0.4) is 0 Å². The third kappa shape index (κ3) is 7.16. The Morgan fingerprint density at radius 2 is 1.50 bits per heavy atom. The van der Waals surface area contributed by atoms with Gasteiger partial charge in [-0.25, -0.2) is 4.98 Å². The van der Waals surface area contributed by atoms with Crippen molar-refractivity contribution in [1.29, 1.82) is 0 Å². The van der Waals surface area contributed by atoms with Crippen molar-refractivity contribution in [3.05, 3.63) is 150 Å². The molecule has 0 spiro atoms. The topological polar surface area (TPSA) is 51.8 Å². The number of hydrogen-bond acceptors (Lipinski definition) is 4. The summed E-state index contributed by atoms with van der Waals surface area (Å²) in [6, 6.07) is 40.4. The molecule has 0 aliphatic carbocycles. The zero-order valence-electron chi connectivity index (χ0n) is 29.5. The minimum atomic E-state index is 0. The van der Waals surface area contributed by atoms with Gasteiger partial charge in [0.15, 0.2) is 0 Å².